The van der Waals surface area contributed by atoms with Gasteiger partial charge < -0.3 is 15.5 Å². The number of nitrogens with one attached hydrogen (secondary N) is 1. The van der Waals surface area contributed by atoms with Crippen molar-refractivity contribution in [1.82, 2.24) is 10.2 Å². The first kappa shape index (κ1) is 32.3. The predicted octanol–water partition coefficient (Wildman–Crippen LogP) is 6.86. The molecule has 0 saturated heterocycles. The van der Waals surface area contributed by atoms with Gasteiger partial charge in [-0.25, -0.2) is 0 Å². The molecule has 5 aliphatic carbocycles. The predicted molar refractivity (Wildman–Crippen MR) is 179 cm³/mol. The van der Waals surface area contributed by atoms with Gasteiger partial charge in [-0.1, -0.05) is 70.0 Å². The molecule has 1 aromatic rings. The molecule has 3 N–H and O–H groups in total. The first-order valence-corrected chi connectivity index (χ1v) is 18.0. The lowest BCUT2D eigenvalue weighted by atomic mass is 9.36. The Hall–Kier alpha value is -1.69. The number of carbonyl (C=O) groups excluding carboxylic acids is 1. The highest BCUT2D eigenvalue weighted by atomic mass is 16.3. The minimum atomic E-state index is -0.192. The molecule has 5 heteroatoms. The lowest BCUT2D eigenvalue weighted by molar-refractivity contribution is -0.181. The maximum atomic E-state index is 14.0. The number of benzene rings is 1. The molecule has 244 valence electrons. The zero-order valence-corrected chi connectivity index (χ0v) is 28.3. The fraction of sp³-hybridized carbons (Fsp3) is 0.769. The van der Waals surface area contributed by atoms with Crippen molar-refractivity contribution in [2.75, 3.05) is 39.4 Å². The Kier molecular flexibility index (Phi) is 8.91. The van der Waals surface area contributed by atoms with Crippen LogP contribution < -0.4 is 5.32 Å². The Morgan fingerprint density at radius 3 is 2.27 bits per heavy atom. The number of allylic oxidation sites excluding steroid dienone is 2. The van der Waals surface area contributed by atoms with Crippen molar-refractivity contribution >= 4 is 11.5 Å². The molecule has 1 aromatic carbocycles. The van der Waals surface area contributed by atoms with Gasteiger partial charge in [-0.3, -0.25) is 9.69 Å². The summed E-state index contributed by atoms with van der Waals surface area (Å²) in [7, 11) is 0. The molecule has 1 amide bonds. The van der Waals surface area contributed by atoms with Gasteiger partial charge in [-0.05, 0) is 122 Å². The van der Waals surface area contributed by atoms with Crippen LogP contribution in [0.4, 0.5) is 0 Å². The molecule has 8 atom stereocenters. The van der Waals surface area contributed by atoms with Gasteiger partial charge in [0.1, 0.15) is 0 Å². The number of aliphatic hydroxyl groups is 2. The maximum absolute atomic E-state index is 14.0. The van der Waals surface area contributed by atoms with Crippen LogP contribution in [0.25, 0.3) is 5.57 Å². The summed E-state index contributed by atoms with van der Waals surface area (Å²) in [5.41, 5.74) is 4.96. The Labute approximate surface area is 267 Å². The third-order valence-corrected chi connectivity index (χ3v) is 14.5. The highest BCUT2D eigenvalue weighted by Crippen LogP contribution is 2.73. The van der Waals surface area contributed by atoms with Crippen molar-refractivity contribution in [3.8, 4) is 0 Å². The zero-order chi connectivity index (χ0) is 31.3. The molecular formula is C39H60N2O3. The largest absolute Gasteiger partial charge is 0.395 e. The third kappa shape index (κ3) is 5.12. The maximum Gasteiger partial charge on any atom is 0.226 e. The van der Waals surface area contributed by atoms with E-state index in [0.29, 0.717) is 54.8 Å². The van der Waals surface area contributed by atoms with E-state index in [9.17, 15) is 15.0 Å². The smallest absolute Gasteiger partial charge is 0.226 e. The minimum Gasteiger partial charge on any atom is -0.395 e. The Morgan fingerprint density at radius 2 is 1.57 bits per heavy atom. The van der Waals surface area contributed by atoms with Gasteiger partial charge in [0.15, 0.2) is 0 Å². The normalized spacial score (nSPS) is 39.1. The number of carbonyl (C=O) groups is 1. The fourth-order valence-electron chi connectivity index (χ4n) is 12.6. The number of nitrogens with zero attached hydrogens (tertiary/aromatic N) is 1. The number of rotatable bonds is 9. The number of hydrogen-bond donors (Lipinski definition) is 3. The van der Waals surface area contributed by atoms with Crippen molar-refractivity contribution in [2.45, 2.75) is 98.8 Å². The van der Waals surface area contributed by atoms with Gasteiger partial charge >= 0.3 is 0 Å². The molecule has 5 nitrogen and oxygen atoms in total. The van der Waals surface area contributed by atoms with Crippen LogP contribution in [0.5, 0.6) is 0 Å². The lowest BCUT2D eigenvalue weighted by Gasteiger charge is -2.68. The topological polar surface area (TPSA) is 72.8 Å². The molecule has 0 spiro atoms. The molecule has 0 bridgehead atoms. The third-order valence-electron chi connectivity index (χ3n) is 14.5. The first-order chi connectivity index (χ1) is 21.0. The monoisotopic (exact) mass is 604 g/mol. The molecule has 0 aliphatic heterocycles. The standard InChI is InChI=1S/C39H60N2O3/c1-27-8-10-28(11-9-27)30-14-18-38(5)33(36(30,2)3)16-19-37(4)31-15-20-39(17-6-7-32(39)29(31)12-13-34(37)38)35(44)40-21-22-41(23-25-42)24-26-43/h8-11,14,29,31-34,42-43H,6-7,12-13,15-26H2,1-5H3,(H,40,44). The summed E-state index contributed by atoms with van der Waals surface area (Å²) >= 11 is 0. The van der Waals surface area contributed by atoms with E-state index < -0.39 is 0 Å². The van der Waals surface area contributed by atoms with E-state index in [1.165, 1.54) is 62.5 Å². The Bertz CT molecular complexity index is 1220. The SMILES string of the molecule is Cc1ccc(C2=CCC3(C)C(CCC4(C)C5CCC6(C(=O)NCCN(CCO)CCO)CCCC6C5CCC43)C2(C)C)cc1. The average molecular weight is 605 g/mol. The summed E-state index contributed by atoms with van der Waals surface area (Å²) in [5, 5.41) is 22.1. The van der Waals surface area contributed by atoms with Gasteiger partial charge in [-0.15, -0.1) is 0 Å². The summed E-state index contributed by atoms with van der Waals surface area (Å²) in [6, 6.07) is 9.23. The Balaban J connectivity index is 1.19. The molecule has 6 rings (SSSR count). The van der Waals surface area contributed by atoms with Crippen LogP contribution in [0.1, 0.15) is 103 Å². The fourth-order valence-corrected chi connectivity index (χ4v) is 12.6. The van der Waals surface area contributed by atoms with Crippen molar-refractivity contribution in [3.63, 3.8) is 0 Å². The Morgan fingerprint density at radius 1 is 0.841 bits per heavy atom. The second-order valence-corrected chi connectivity index (χ2v) is 16.7. The second-order valence-electron chi connectivity index (χ2n) is 16.7. The highest BCUT2D eigenvalue weighted by molar-refractivity contribution is 5.83. The molecule has 0 radical (unpaired) electrons. The number of aliphatic hydroxyl groups excluding tert-OH is 2. The van der Waals surface area contributed by atoms with Gasteiger partial charge in [0.2, 0.25) is 5.91 Å². The molecular weight excluding hydrogens is 544 g/mol. The van der Waals surface area contributed by atoms with E-state index in [0.717, 1.165) is 24.7 Å². The van der Waals surface area contributed by atoms with Crippen molar-refractivity contribution in [1.29, 1.82) is 0 Å². The zero-order valence-electron chi connectivity index (χ0n) is 28.3. The molecule has 8 unspecified atom stereocenters. The number of amides is 1. The average Bonchev–Trinajstić information content (AvgIpc) is 3.44. The molecule has 4 saturated carbocycles. The molecule has 0 heterocycles. The van der Waals surface area contributed by atoms with E-state index in [4.69, 9.17) is 0 Å². The molecule has 4 fully saturated rings. The van der Waals surface area contributed by atoms with E-state index in [-0.39, 0.29) is 30.0 Å². The molecule has 0 aromatic heterocycles. The van der Waals surface area contributed by atoms with Gasteiger partial charge in [0.25, 0.3) is 0 Å². The molecule has 5 aliphatic rings. The lowest BCUT2D eigenvalue weighted by Crippen LogP contribution is -2.62. The van der Waals surface area contributed by atoms with Gasteiger partial charge in [-0.2, -0.15) is 0 Å². The molecule has 44 heavy (non-hydrogen) atoms. The van der Waals surface area contributed by atoms with Crippen molar-refractivity contribution < 1.29 is 15.0 Å². The van der Waals surface area contributed by atoms with E-state index in [2.05, 4.69) is 70.3 Å². The van der Waals surface area contributed by atoms with Crippen LogP contribution in [0.15, 0.2) is 30.3 Å². The first-order valence-electron chi connectivity index (χ1n) is 18.0. The van der Waals surface area contributed by atoms with Crippen LogP contribution in [-0.2, 0) is 4.79 Å². The summed E-state index contributed by atoms with van der Waals surface area (Å²) < 4.78 is 0. The summed E-state index contributed by atoms with van der Waals surface area (Å²) in [6.45, 7) is 15.1. The highest BCUT2D eigenvalue weighted by Gasteiger charge is 2.66. The van der Waals surface area contributed by atoms with Crippen LogP contribution >= 0.6 is 0 Å². The van der Waals surface area contributed by atoms with Crippen molar-refractivity contribution in [2.24, 2.45) is 51.2 Å². The summed E-state index contributed by atoms with van der Waals surface area (Å²) in [4.78, 5) is 16.0. The summed E-state index contributed by atoms with van der Waals surface area (Å²) in [5.74, 6) is 3.66. The van der Waals surface area contributed by atoms with Gasteiger partial charge in [0.05, 0.1) is 18.6 Å². The number of hydrogen-bond acceptors (Lipinski definition) is 4. The van der Waals surface area contributed by atoms with Crippen LogP contribution in [0.3, 0.4) is 0 Å². The minimum absolute atomic E-state index is 0.0737. The summed E-state index contributed by atoms with van der Waals surface area (Å²) in [6.07, 6.45) is 14.8. The number of fused-ring (bicyclic) bond motifs is 7. The second kappa shape index (κ2) is 12.2. The van der Waals surface area contributed by atoms with E-state index in [1.807, 2.05) is 4.90 Å². The van der Waals surface area contributed by atoms with Crippen molar-refractivity contribution in [3.05, 3.63) is 41.5 Å². The van der Waals surface area contributed by atoms with Gasteiger partial charge in [0, 0.05) is 26.2 Å². The van der Waals surface area contributed by atoms with Crippen LogP contribution in [0.2, 0.25) is 0 Å². The van der Waals surface area contributed by atoms with E-state index in [1.54, 1.807) is 5.57 Å². The quantitative estimate of drug-likeness (QED) is 0.288. The van der Waals surface area contributed by atoms with E-state index >= 15 is 0 Å². The van der Waals surface area contributed by atoms with Crippen LogP contribution in [0, 0.1) is 58.2 Å². The number of aryl methyl sites for hydroxylation is 1. The van der Waals surface area contributed by atoms with Crippen LogP contribution in [-0.4, -0.2) is 60.4 Å².